The molecule has 0 unspecified atom stereocenters. The van der Waals surface area contributed by atoms with E-state index < -0.39 is 53.0 Å². The predicted octanol–water partition coefficient (Wildman–Crippen LogP) is 4.20. The van der Waals surface area contributed by atoms with Crippen LogP contribution in [0.25, 0.3) is 0 Å². The summed E-state index contributed by atoms with van der Waals surface area (Å²) >= 11 is 0. The SMILES string of the molecule is Cc1c(N2CCN(Cc3ccc(OC(=O)N(C)C)o3)CC2)c(=O)n(C[C@H](N)c2ccccc2)c(=O)n1Cc1c(F)cccc1C(F)(F)F. The lowest BCUT2D eigenvalue weighted by Gasteiger charge is -2.36. The average molecular weight is 673 g/mol. The van der Waals surface area contributed by atoms with E-state index >= 15 is 0 Å². The van der Waals surface area contributed by atoms with E-state index in [4.69, 9.17) is 14.9 Å². The Kier molecular flexibility index (Phi) is 10.1. The van der Waals surface area contributed by atoms with Gasteiger partial charge in [-0.05, 0) is 30.7 Å². The van der Waals surface area contributed by atoms with Crippen LogP contribution in [0.4, 0.5) is 28.0 Å². The number of furan rings is 1. The molecule has 0 bridgehead atoms. The highest BCUT2D eigenvalue weighted by atomic mass is 19.4. The van der Waals surface area contributed by atoms with Crippen molar-refractivity contribution in [1.29, 1.82) is 0 Å². The number of hydrogen-bond acceptors (Lipinski definition) is 8. The number of rotatable bonds is 9. The van der Waals surface area contributed by atoms with Crippen molar-refractivity contribution in [2.45, 2.75) is 38.8 Å². The van der Waals surface area contributed by atoms with Gasteiger partial charge in [-0.25, -0.2) is 14.0 Å². The van der Waals surface area contributed by atoms with Gasteiger partial charge >= 0.3 is 18.0 Å². The Balaban J connectivity index is 1.46. The molecular weight excluding hydrogens is 636 g/mol. The zero-order chi connectivity index (χ0) is 34.7. The topological polar surface area (TPSA) is 119 Å². The van der Waals surface area contributed by atoms with Gasteiger partial charge in [-0.15, -0.1) is 0 Å². The Bertz CT molecular complexity index is 1880. The number of alkyl halides is 3. The summed E-state index contributed by atoms with van der Waals surface area (Å²) in [5.41, 5.74) is 3.82. The Morgan fingerprint density at radius 3 is 2.29 bits per heavy atom. The molecule has 0 radical (unpaired) electrons. The van der Waals surface area contributed by atoms with Crippen molar-refractivity contribution in [1.82, 2.24) is 18.9 Å². The van der Waals surface area contributed by atoms with Crippen LogP contribution in [0.5, 0.6) is 5.95 Å². The summed E-state index contributed by atoms with van der Waals surface area (Å²) in [7, 11) is 3.09. The molecule has 1 saturated heterocycles. The molecule has 0 spiro atoms. The van der Waals surface area contributed by atoms with Crippen molar-refractivity contribution in [3.63, 3.8) is 0 Å². The molecular formula is C33H36F4N6O5. The normalized spacial score (nSPS) is 14.6. The maximum absolute atomic E-state index is 15.0. The first-order valence-corrected chi connectivity index (χ1v) is 15.2. The lowest BCUT2D eigenvalue weighted by molar-refractivity contribution is -0.138. The third-order valence-corrected chi connectivity index (χ3v) is 8.26. The van der Waals surface area contributed by atoms with Crippen LogP contribution >= 0.6 is 0 Å². The molecule has 4 aromatic rings. The zero-order valence-electron chi connectivity index (χ0n) is 26.7. The second-order valence-corrected chi connectivity index (χ2v) is 11.7. The minimum Gasteiger partial charge on any atom is -0.429 e. The van der Waals surface area contributed by atoms with Crippen molar-refractivity contribution in [2.75, 3.05) is 45.2 Å². The van der Waals surface area contributed by atoms with Crippen LogP contribution in [0.15, 0.2) is 74.7 Å². The number of carbonyl (C=O) groups excluding carboxylic acids is 1. The fourth-order valence-corrected chi connectivity index (χ4v) is 5.67. The number of carbonyl (C=O) groups is 1. The quantitative estimate of drug-likeness (QED) is 0.263. The molecule has 1 aliphatic rings. The third-order valence-electron chi connectivity index (χ3n) is 8.26. The molecule has 1 aliphatic heterocycles. The van der Waals surface area contributed by atoms with Crippen LogP contribution in [0, 0.1) is 12.7 Å². The van der Waals surface area contributed by atoms with Crippen LogP contribution in [-0.2, 0) is 25.8 Å². The number of anilines is 1. The molecule has 2 aromatic carbocycles. The van der Waals surface area contributed by atoms with Gasteiger partial charge in [-0.3, -0.25) is 18.8 Å². The Morgan fingerprint density at radius 1 is 0.958 bits per heavy atom. The van der Waals surface area contributed by atoms with Crippen molar-refractivity contribution >= 4 is 11.8 Å². The number of aromatic nitrogens is 2. The zero-order valence-corrected chi connectivity index (χ0v) is 26.7. The van der Waals surface area contributed by atoms with Crippen LogP contribution < -0.4 is 26.6 Å². The van der Waals surface area contributed by atoms with Gasteiger partial charge < -0.3 is 24.7 Å². The second kappa shape index (κ2) is 14.1. The summed E-state index contributed by atoms with van der Waals surface area (Å²) in [6, 6.07) is 13.9. The lowest BCUT2D eigenvalue weighted by atomic mass is 10.1. The van der Waals surface area contributed by atoms with E-state index in [9.17, 15) is 31.9 Å². The molecule has 3 heterocycles. The standard InChI is InChI=1S/C33H36F4N6O5/c1-21-29(41-16-14-40(15-17-41)18-23-12-13-28(47-23)48-32(46)39(2)3)30(44)43(20-27(38)22-8-5-4-6-9-22)31(45)42(21)19-24-25(33(35,36)37)10-7-11-26(24)34/h4-13,27H,14-20,38H2,1-3H3/t27-/m0/s1. The number of hydrogen-bond donors (Lipinski definition) is 1. The number of nitrogens with zero attached hydrogens (tertiary/aromatic N) is 5. The van der Waals surface area contributed by atoms with E-state index in [0.717, 1.165) is 27.3 Å². The minimum atomic E-state index is -4.87. The van der Waals surface area contributed by atoms with Crippen molar-refractivity contribution in [2.24, 2.45) is 5.73 Å². The van der Waals surface area contributed by atoms with Crippen molar-refractivity contribution in [3.8, 4) is 5.95 Å². The number of halogens is 4. The molecule has 1 atom stereocenters. The molecule has 256 valence electrons. The smallest absolute Gasteiger partial charge is 0.417 e. The van der Waals surface area contributed by atoms with Crippen molar-refractivity contribution < 1.29 is 31.5 Å². The number of amides is 1. The first-order valence-electron chi connectivity index (χ1n) is 15.2. The summed E-state index contributed by atoms with van der Waals surface area (Å²) < 4.78 is 69.4. The van der Waals surface area contributed by atoms with Gasteiger partial charge in [0.05, 0.1) is 25.2 Å². The minimum absolute atomic E-state index is 0.0537. The fourth-order valence-electron chi connectivity index (χ4n) is 5.67. The molecule has 1 amide bonds. The number of nitrogens with two attached hydrogens (primary N) is 1. The van der Waals surface area contributed by atoms with Crippen LogP contribution in [-0.4, -0.2) is 65.3 Å². The number of benzene rings is 2. The first-order chi connectivity index (χ1) is 22.7. The Hall–Kier alpha value is -4.89. The van der Waals surface area contributed by atoms with Crippen molar-refractivity contribution in [3.05, 3.63) is 115 Å². The van der Waals surface area contributed by atoms with E-state index in [2.05, 4.69) is 4.90 Å². The maximum Gasteiger partial charge on any atom is 0.417 e. The summed E-state index contributed by atoms with van der Waals surface area (Å²) in [6.45, 7) is 2.43. The van der Waals surface area contributed by atoms with Crippen LogP contribution in [0.3, 0.4) is 0 Å². The lowest BCUT2D eigenvalue weighted by Crippen LogP contribution is -2.51. The van der Waals surface area contributed by atoms with Gasteiger partial charge in [0.15, 0.2) is 0 Å². The Morgan fingerprint density at radius 2 is 1.65 bits per heavy atom. The summed E-state index contributed by atoms with van der Waals surface area (Å²) in [6.07, 6.45) is -5.46. The van der Waals surface area contributed by atoms with E-state index in [0.29, 0.717) is 44.0 Å². The molecule has 15 heteroatoms. The molecule has 5 rings (SSSR count). The van der Waals surface area contributed by atoms with Gasteiger partial charge in [-0.2, -0.15) is 13.2 Å². The van der Waals surface area contributed by atoms with Gasteiger partial charge in [0, 0.05) is 63.6 Å². The summed E-state index contributed by atoms with van der Waals surface area (Å²) in [5, 5.41) is 0. The summed E-state index contributed by atoms with van der Waals surface area (Å²) in [5.74, 6) is -0.516. The monoisotopic (exact) mass is 672 g/mol. The second-order valence-electron chi connectivity index (χ2n) is 11.7. The molecule has 11 nitrogen and oxygen atoms in total. The van der Waals surface area contributed by atoms with E-state index in [-0.39, 0.29) is 23.9 Å². The average Bonchev–Trinajstić information content (AvgIpc) is 3.48. The van der Waals surface area contributed by atoms with Crippen LogP contribution in [0.1, 0.15) is 34.2 Å². The summed E-state index contributed by atoms with van der Waals surface area (Å²) in [4.78, 5) is 44.8. The molecule has 48 heavy (non-hydrogen) atoms. The van der Waals surface area contributed by atoms with Gasteiger partial charge in [0.1, 0.15) is 17.3 Å². The predicted molar refractivity (Wildman–Crippen MR) is 169 cm³/mol. The highest BCUT2D eigenvalue weighted by molar-refractivity contribution is 5.69. The first kappa shape index (κ1) is 34.4. The molecule has 0 aliphatic carbocycles. The van der Waals surface area contributed by atoms with E-state index in [1.54, 1.807) is 61.5 Å². The largest absolute Gasteiger partial charge is 0.429 e. The highest BCUT2D eigenvalue weighted by Crippen LogP contribution is 2.34. The molecule has 0 saturated carbocycles. The maximum atomic E-state index is 15.0. The van der Waals surface area contributed by atoms with E-state index in [1.807, 2.05) is 0 Å². The molecule has 2 aromatic heterocycles. The fraction of sp³-hybridized carbons (Fsp3) is 0.364. The third kappa shape index (κ3) is 7.47. The van der Waals surface area contributed by atoms with Gasteiger partial charge in [-0.1, -0.05) is 36.4 Å². The number of ether oxygens (including phenoxy) is 1. The Labute approximate surface area is 273 Å². The van der Waals surface area contributed by atoms with Gasteiger partial charge in [0.25, 0.3) is 11.5 Å². The van der Waals surface area contributed by atoms with Crippen LogP contribution in [0.2, 0.25) is 0 Å². The molecule has 1 fully saturated rings. The molecule has 2 N–H and O–H groups in total. The highest BCUT2D eigenvalue weighted by Gasteiger charge is 2.35. The number of piperazine rings is 1. The van der Waals surface area contributed by atoms with E-state index in [1.165, 1.54) is 11.8 Å². The van der Waals surface area contributed by atoms with Gasteiger partial charge in [0.2, 0.25) is 0 Å².